The van der Waals surface area contributed by atoms with E-state index in [2.05, 4.69) is 10.3 Å². The fourth-order valence-electron chi connectivity index (χ4n) is 1.20. The van der Waals surface area contributed by atoms with E-state index in [1.165, 1.54) is 16.2 Å². The van der Waals surface area contributed by atoms with Crippen LogP contribution in [0.25, 0.3) is 0 Å². The van der Waals surface area contributed by atoms with Gasteiger partial charge in [-0.1, -0.05) is 6.07 Å². The van der Waals surface area contributed by atoms with Crippen molar-refractivity contribution in [2.45, 2.75) is 13.0 Å². The van der Waals surface area contributed by atoms with Crippen molar-refractivity contribution in [3.05, 3.63) is 33.5 Å². The van der Waals surface area contributed by atoms with Gasteiger partial charge < -0.3 is 10.4 Å². The van der Waals surface area contributed by atoms with Crippen molar-refractivity contribution in [3.8, 4) is 0 Å². The van der Waals surface area contributed by atoms with E-state index in [4.69, 9.17) is 5.11 Å². The molecule has 6 heteroatoms. The van der Waals surface area contributed by atoms with Crippen molar-refractivity contribution in [3.63, 3.8) is 0 Å². The van der Waals surface area contributed by atoms with E-state index in [1.54, 1.807) is 16.7 Å². The molecule has 0 fully saturated rings. The summed E-state index contributed by atoms with van der Waals surface area (Å²) in [6.45, 7) is 0.734. The van der Waals surface area contributed by atoms with Crippen molar-refractivity contribution in [1.29, 1.82) is 0 Å². The van der Waals surface area contributed by atoms with E-state index >= 15 is 0 Å². The highest BCUT2D eigenvalue weighted by molar-refractivity contribution is 7.13. The highest BCUT2D eigenvalue weighted by atomic mass is 32.1. The van der Waals surface area contributed by atoms with Crippen molar-refractivity contribution < 1.29 is 9.90 Å². The molecular weight excluding hydrogens is 244 g/mol. The third-order valence-electron chi connectivity index (χ3n) is 1.88. The molecule has 16 heavy (non-hydrogen) atoms. The SMILES string of the molecule is O=C(O)Cc1csc(NCc2cccs2)n1. The Hall–Kier alpha value is -1.40. The number of carboxylic acids is 1. The van der Waals surface area contributed by atoms with Crippen LogP contribution in [-0.2, 0) is 17.8 Å². The number of nitrogens with zero attached hydrogens (tertiary/aromatic N) is 1. The average Bonchev–Trinajstić information content (AvgIpc) is 2.84. The Morgan fingerprint density at radius 3 is 3.06 bits per heavy atom. The molecule has 2 rings (SSSR count). The van der Waals surface area contributed by atoms with E-state index in [0.717, 1.165) is 11.7 Å². The van der Waals surface area contributed by atoms with Gasteiger partial charge in [-0.2, -0.15) is 0 Å². The maximum absolute atomic E-state index is 10.5. The number of hydrogen-bond donors (Lipinski definition) is 2. The standard InChI is InChI=1S/C10H10N2O2S2/c13-9(14)4-7-6-16-10(12-7)11-5-8-2-1-3-15-8/h1-3,6H,4-5H2,(H,11,12)(H,13,14). The van der Waals surface area contributed by atoms with Gasteiger partial charge in [0.1, 0.15) is 0 Å². The number of aromatic nitrogens is 1. The van der Waals surface area contributed by atoms with Crippen molar-refractivity contribution in [2.75, 3.05) is 5.32 Å². The van der Waals surface area contributed by atoms with Gasteiger partial charge in [0.15, 0.2) is 5.13 Å². The maximum atomic E-state index is 10.5. The summed E-state index contributed by atoms with van der Waals surface area (Å²) >= 11 is 3.11. The molecule has 84 valence electrons. The second-order valence-electron chi connectivity index (χ2n) is 3.15. The van der Waals surface area contributed by atoms with Gasteiger partial charge >= 0.3 is 5.97 Å². The number of anilines is 1. The molecule has 0 spiro atoms. The lowest BCUT2D eigenvalue weighted by Gasteiger charge is -1.98. The van der Waals surface area contributed by atoms with Gasteiger partial charge in [-0.3, -0.25) is 4.79 Å². The summed E-state index contributed by atoms with van der Waals surface area (Å²) in [6, 6.07) is 4.04. The number of nitrogens with one attached hydrogen (secondary N) is 1. The summed E-state index contributed by atoms with van der Waals surface area (Å²) in [5.74, 6) is -0.852. The summed E-state index contributed by atoms with van der Waals surface area (Å²) in [4.78, 5) is 15.9. The Labute approximate surface area is 101 Å². The van der Waals surface area contributed by atoms with Crippen LogP contribution >= 0.6 is 22.7 Å². The molecule has 0 amide bonds. The number of rotatable bonds is 5. The van der Waals surface area contributed by atoms with Crippen LogP contribution < -0.4 is 5.32 Å². The fourth-order valence-corrected chi connectivity index (χ4v) is 2.55. The Balaban J connectivity index is 1.90. The van der Waals surface area contributed by atoms with Crippen LogP contribution in [0.3, 0.4) is 0 Å². The van der Waals surface area contributed by atoms with Crippen molar-refractivity contribution in [2.24, 2.45) is 0 Å². The van der Waals surface area contributed by atoms with Crippen LogP contribution in [0.15, 0.2) is 22.9 Å². The van der Waals surface area contributed by atoms with Gasteiger partial charge in [-0.25, -0.2) is 4.98 Å². The van der Waals surface area contributed by atoms with Crippen LogP contribution in [0.1, 0.15) is 10.6 Å². The molecule has 0 aliphatic carbocycles. The Kier molecular flexibility index (Phi) is 3.53. The first-order valence-electron chi connectivity index (χ1n) is 4.66. The van der Waals surface area contributed by atoms with Crippen LogP contribution in [0.2, 0.25) is 0 Å². The number of thiazole rings is 1. The first kappa shape index (κ1) is 11.1. The highest BCUT2D eigenvalue weighted by Crippen LogP contribution is 2.18. The Bertz CT molecular complexity index is 465. The van der Waals surface area contributed by atoms with Crippen LogP contribution in [0, 0.1) is 0 Å². The quantitative estimate of drug-likeness (QED) is 0.860. The summed E-state index contributed by atoms with van der Waals surface area (Å²) in [5, 5.41) is 16.3. The van der Waals surface area contributed by atoms with Crippen LogP contribution in [0.4, 0.5) is 5.13 Å². The van der Waals surface area contributed by atoms with Gasteiger partial charge in [-0.15, -0.1) is 22.7 Å². The van der Waals surface area contributed by atoms with Crippen molar-refractivity contribution >= 4 is 33.8 Å². The lowest BCUT2D eigenvalue weighted by Crippen LogP contribution is -2.01. The monoisotopic (exact) mass is 254 g/mol. The minimum atomic E-state index is -0.852. The van der Waals surface area contributed by atoms with Gasteiger partial charge in [0.25, 0.3) is 0 Å². The van der Waals surface area contributed by atoms with Gasteiger partial charge in [0.2, 0.25) is 0 Å². The summed E-state index contributed by atoms with van der Waals surface area (Å²) in [6.07, 6.45) is -0.0167. The first-order chi connectivity index (χ1) is 7.74. The zero-order chi connectivity index (χ0) is 11.4. The fraction of sp³-hybridized carbons (Fsp3) is 0.200. The molecule has 0 saturated heterocycles. The van der Waals surface area contributed by atoms with E-state index in [0.29, 0.717) is 5.69 Å². The molecule has 0 unspecified atom stereocenters. The second-order valence-corrected chi connectivity index (χ2v) is 5.04. The van der Waals surface area contributed by atoms with E-state index in [9.17, 15) is 4.79 Å². The molecule has 4 nitrogen and oxygen atoms in total. The van der Waals surface area contributed by atoms with Gasteiger partial charge in [-0.05, 0) is 11.4 Å². The Morgan fingerprint density at radius 1 is 1.50 bits per heavy atom. The predicted octanol–water partition coefficient (Wildman–Crippen LogP) is 2.44. The summed E-state index contributed by atoms with van der Waals surface area (Å²) < 4.78 is 0. The smallest absolute Gasteiger partial charge is 0.309 e. The number of carbonyl (C=O) groups is 1. The normalized spacial score (nSPS) is 10.2. The Morgan fingerprint density at radius 2 is 2.38 bits per heavy atom. The molecule has 0 bridgehead atoms. The third-order valence-corrected chi connectivity index (χ3v) is 3.60. The predicted molar refractivity (Wildman–Crippen MR) is 65.1 cm³/mol. The molecule has 2 heterocycles. The van der Waals surface area contributed by atoms with E-state index in [1.807, 2.05) is 17.5 Å². The molecule has 0 aliphatic rings. The topological polar surface area (TPSA) is 62.2 Å². The van der Waals surface area contributed by atoms with E-state index in [-0.39, 0.29) is 6.42 Å². The molecular formula is C10H10N2O2S2. The molecule has 0 aliphatic heterocycles. The third kappa shape index (κ3) is 3.04. The molecule has 2 aromatic rings. The zero-order valence-corrected chi connectivity index (χ0v) is 9.98. The molecule has 0 aromatic carbocycles. The zero-order valence-electron chi connectivity index (χ0n) is 8.34. The van der Waals surface area contributed by atoms with Crippen LogP contribution in [-0.4, -0.2) is 16.1 Å². The average molecular weight is 254 g/mol. The maximum Gasteiger partial charge on any atom is 0.309 e. The summed E-state index contributed by atoms with van der Waals surface area (Å²) in [7, 11) is 0. The van der Waals surface area contributed by atoms with E-state index < -0.39 is 5.97 Å². The van der Waals surface area contributed by atoms with Crippen molar-refractivity contribution in [1.82, 2.24) is 4.98 Å². The largest absolute Gasteiger partial charge is 0.481 e. The molecule has 0 atom stereocenters. The lowest BCUT2D eigenvalue weighted by atomic mass is 10.3. The van der Waals surface area contributed by atoms with Gasteiger partial charge in [0.05, 0.1) is 18.7 Å². The number of thiophene rings is 1. The minimum absolute atomic E-state index is 0.0167. The lowest BCUT2D eigenvalue weighted by molar-refractivity contribution is -0.136. The number of aliphatic carboxylic acids is 1. The molecule has 2 N–H and O–H groups in total. The molecule has 0 saturated carbocycles. The highest BCUT2D eigenvalue weighted by Gasteiger charge is 2.05. The number of carboxylic acid groups (broad SMARTS) is 1. The summed E-state index contributed by atoms with van der Waals surface area (Å²) in [5.41, 5.74) is 0.603. The molecule has 0 radical (unpaired) electrons. The van der Waals surface area contributed by atoms with Gasteiger partial charge in [0, 0.05) is 10.3 Å². The number of hydrogen-bond acceptors (Lipinski definition) is 5. The second kappa shape index (κ2) is 5.09. The molecule has 2 aromatic heterocycles. The first-order valence-corrected chi connectivity index (χ1v) is 6.42. The minimum Gasteiger partial charge on any atom is -0.481 e. The van der Waals surface area contributed by atoms with Crippen LogP contribution in [0.5, 0.6) is 0 Å².